The number of piperidine rings is 1. The molecule has 1 amide bonds. The molecule has 136 valence electrons. The highest BCUT2D eigenvalue weighted by atomic mass is 16.6. The highest BCUT2D eigenvalue weighted by molar-refractivity contribution is 5.77. The highest BCUT2D eigenvalue weighted by Crippen LogP contribution is 2.40. The molecule has 4 heteroatoms. The Balaban J connectivity index is 1.90. The zero-order valence-corrected chi connectivity index (χ0v) is 16.0. The minimum absolute atomic E-state index is 0.114. The number of fused-ring (bicyclic) bond motifs is 2. The molecule has 0 N–H and O–H groups in total. The average molecular weight is 343 g/mol. The molecule has 1 saturated heterocycles. The van der Waals surface area contributed by atoms with Crippen LogP contribution in [0.5, 0.6) is 5.75 Å². The van der Waals surface area contributed by atoms with Gasteiger partial charge in [-0.2, -0.15) is 0 Å². The van der Waals surface area contributed by atoms with Crippen LogP contribution in [0.15, 0.2) is 24.3 Å². The first-order valence-electron chi connectivity index (χ1n) is 9.15. The number of nitrogens with zero attached hydrogens (tertiary/aromatic N) is 1. The van der Waals surface area contributed by atoms with Crippen molar-refractivity contribution in [1.29, 1.82) is 0 Å². The lowest BCUT2D eigenvalue weighted by atomic mass is 9.82. The Kier molecular flexibility index (Phi) is 4.81. The second-order valence-corrected chi connectivity index (χ2v) is 8.14. The molecule has 2 atom stereocenters. The molecule has 2 heterocycles. The molecule has 2 aliphatic rings. The van der Waals surface area contributed by atoms with Gasteiger partial charge in [0.2, 0.25) is 0 Å². The van der Waals surface area contributed by atoms with Crippen LogP contribution in [0.2, 0.25) is 0 Å². The number of hydrogen-bond donors (Lipinski definition) is 0. The summed E-state index contributed by atoms with van der Waals surface area (Å²) < 4.78 is 11.2. The summed E-state index contributed by atoms with van der Waals surface area (Å²) in [6.45, 7) is 7.83. The van der Waals surface area contributed by atoms with Gasteiger partial charge < -0.3 is 9.47 Å². The van der Waals surface area contributed by atoms with Crippen LogP contribution >= 0.6 is 0 Å². The van der Waals surface area contributed by atoms with Crippen molar-refractivity contribution in [2.45, 2.75) is 71.1 Å². The van der Waals surface area contributed by atoms with Crippen LogP contribution in [0.25, 0.3) is 5.57 Å². The van der Waals surface area contributed by atoms with Crippen molar-refractivity contribution in [3.63, 3.8) is 0 Å². The Morgan fingerprint density at radius 2 is 2.00 bits per heavy atom. The second kappa shape index (κ2) is 6.74. The molecule has 0 spiro atoms. The van der Waals surface area contributed by atoms with Crippen LogP contribution in [0.4, 0.5) is 4.79 Å². The number of aryl methyl sites for hydroxylation is 1. The van der Waals surface area contributed by atoms with Gasteiger partial charge in [0, 0.05) is 11.6 Å². The molecule has 25 heavy (non-hydrogen) atoms. The number of rotatable bonds is 2. The fraction of sp³-hybridized carbons (Fsp3) is 0.571. The molecule has 0 radical (unpaired) electrons. The van der Waals surface area contributed by atoms with Crippen LogP contribution in [0, 0.1) is 6.92 Å². The van der Waals surface area contributed by atoms with Gasteiger partial charge in [-0.1, -0.05) is 18.2 Å². The maximum atomic E-state index is 12.7. The highest BCUT2D eigenvalue weighted by Gasteiger charge is 2.39. The van der Waals surface area contributed by atoms with Gasteiger partial charge in [-0.3, -0.25) is 4.90 Å². The molecule has 2 aliphatic heterocycles. The topological polar surface area (TPSA) is 38.8 Å². The van der Waals surface area contributed by atoms with E-state index in [2.05, 4.69) is 31.2 Å². The summed E-state index contributed by atoms with van der Waals surface area (Å²) in [7, 11) is 1.72. The third kappa shape index (κ3) is 3.83. The van der Waals surface area contributed by atoms with Gasteiger partial charge in [0.05, 0.1) is 13.2 Å². The zero-order chi connectivity index (χ0) is 18.2. The standard InChI is InChI=1S/C21H29NO3/c1-14-9-10-18(19(11-14)24-5)15-12-16-7-6-8-17(13-15)22(16)20(23)25-21(2,3)4/h9-12,16-17H,6-8,13H2,1-5H3. The van der Waals surface area contributed by atoms with Crippen molar-refractivity contribution < 1.29 is 14.3 Å². The molecule has 0 aliphatic carbocycles. The molecule has 1 aromatic carbocycles. The van der Waals surface area contributed by atoms with Crippen molar-refractivity contribution >= 4 is 11.7 Å². The smallest absolute Gasteiger partial charge is 0.411 e. The molecule has 3 rings (SSSR count). The largest absolute Gasteiger partial charge is 0.496 e. The molecule has 1 fully saturated rings. The lowest BCUT2D eigenvalue weighted by Gasteiger charge is -2.45. The number of hydrogen-bond acceptors (Lipinski definition) is 3. The van der Waals surface area contributed by atoms with E-state index >= 15 is 0 Å². The zero-order valence-electron chi connectivity index (χ0n) is 16.0. The SMILES string of the molecule is COc1cc(C)ccc1C1=CC2CCCC(C1)N2C(=O)OC(C)(C)C. The van der Waals surface area contributed by atoms with E-state index in [1.54, 1.807) is 7.11 Å². The summed E-state index contributed by atoms with van der Waals surface area (Å²) in [5, 5.41) is 0. The van der Waals surface area contributed by atoms with E-state index in [-0.39, 0.29) is 18.2 Å². The second-order valence-electron chi connectivity index (χ2n) is 8.14. The molecule has 0 saturated carbocycles. The van der Waals surface area contributed by atoms with Gasteiger partial charge in [-0.15, -0.1) is 0 Å². The number of ether oxygens (including phenoxy) is 2. The number of amides is 1. The van der Waals surface area contributed by atoms with Crippen LogP contribution in [0.1, 0.15) is 57.6 Å². The van der Waals surface area contributed by atoms with Gasteiger partial charge in [0.25, 0.3) is 0 Å². The van der Waals surface area contributed by atoms with E-state index in [0.29, 0.717) is 0 Å². The minimum atomic E-state index is -0.463. The molecule has 0 aromatic heterocycles. The van der Waals surface area contributed by atoms with Gasteiger partial charge in [0.15, 0.2) is 0 Å². The Morgan fingerprint density at radius 1 is 1.24 bits per heavy atom. The summed E-state index contributed by atoms with van der Waals surface area (Å²) in [5.41, 5.74) is 3.16. The average Bonchev–Trinajstić information content (AvgIpc) is 2.51. The van der Waals surface area contributed by atoms with Crippen LogP contribution in [-0.2, 0) is 4.74 Å². The first-order chi connectivity index (χ1) is 11.8. The summed E-state index contributed by atoms with van der Waals surface area (Å²) >= 11 is 0. The van der Waals surface area contributed by atoms with E-state index in [4.69, 9.17) is 9.47 Å². The van der Waals surface area contributed by atoms with Gasteiger partial charge in [0.1, 0.15) is 11.4 Å². The molecule has 1 aromatic rings. The van der Waals surface area contributed by atoms with Crippen molar-refractivity contribution in [1.82, 2.24) is 4.90 Å². The Bertz CT molecular complexity index is 687. The first-order valence-corrected chi connectivity index (χ1v) is 9.15. The number of benzene rings is 1. The van der Waals surface area contributed by atoms with Crippen LogP contribution in [0.3, 0.4) is 0 Å². The fourth-order valence-corrected chi connectivity index (χ4v) is 3.89. The molecule has 2 bridgehead atoms. The summed E-state index contributed by atoms with van der Waals surface area (Å²) in [6.07, 6.45) is 6.09. The molecular formula is C21H29NO3. The van der Waals surface area contributed by atoms with E-state index in [9.17, 15) is 4.79 Å². The van der Waals surface area contributed by atoms with Crippen molar-refractivity contribution in [2.75, 3.05) is 7.11 Å². The molecular weight excluding hydrogens is 314 g/mol. The monoisotopic (exact) mass is 343 g/mol. The van der Waals surface area contributed by atoms with Crippen LogP contribution < -0.4 is 4.74 Å². The number of methoxy groups -OCH3 is 1. The Hall–Kier alpha value is -1.97. The predicted octanol–water partition coefficient (Wildman–Crippen LogP) is 4.95. The van der Waals surface area contributed by atoms with Crippen molar-refractivity contribution in [3.05, 3.63) is 35.4 Å². The van der Waals surface area contributed by atoms with Crippen molar-refractivity contribution in [2.24, 2.45) is 0 Å². The summed E-state index contributed by atoms with van der Waals surface area (Å²) in [4.78, 5) is 14.6. The van der Waals surface area contributed by atoms with Crippen molar-refractivity contribution in [3.8, 4) is 5.75 Å². The van der Waals surface area contributed by atoms with Crippen LogP contribution in [-0.4, -0.2) is 35.8 Å². The maximum absolute atomic E-state index is 12.7. The lowest BCUT2D eigenvalue weighted by Crippen LogP contribution is -2.53. The predicted molar refractivity (Wildman–Crippen MR) is 99.8 cm³/mol. The first kappa shape index (κ1) is 17.8. The molecule has 4 nitrogen and oxygen atoms in total. The third-order valence-corrected chi connectivity index (χ3v) is 4.94. The summed E-state index contributed by atoms with van der Waals surface area (Å²) in [6, 6.07) is 6.66. The lowest BCUT2D eigenvalue weighted by molar-refractivity contribution is 0.0000825. The van der Waals surface area contributed by atoms with Gasteiger partial charge in [-0.05, 0) is 70.6 Å². The number of carbonyl (C=O) groups is 1. The Morgan fingerprint density at radius 3 is 2.64 bits per heavy atom. The van der Waals surface area contributed by atoms with E-state index in [1.165, 1.54) is 11.1 Å². The quantitative estimate of drug-likeness (QED) is 0.763. The van der Waals surface area contributed by atoms with Gasteiger partial charge >= 0.3 is 6.09 Å². The Labute approximate surface area is 150 Å². The fourth-order valence-electron chi connectivity index (χ4n) is 3.89. The van der Waals surface area contributed by atoms with E-state index in [1.807, 2.05) is 25.7 Å². The van der Waals surface area contributed by atoms with Gasteiger partial charge in [-0.25, -0.2) is 4.79 Å². The summed E-state index contributed by atoms with van der Waals surface area (Å²) in [5.74, 6) is 0.912. The minimum Gasteiger partial charge on any atom is -0.496 e. The third-order valence-electron chi connectivity index (χ3n) is 4.94. The normalized spacial score (nSPS) is 23.1. The van der Waals surface area contributed by atoms with E-state index < -0.39 is 5.60 Å². The maximum Gasteiger partial charge on any atom is 0.411 e. The number of carbonyl (C=O) groups excluding carboxylic acids is 1. The van der Waals surface area contributed by atoms with E-state index in [0.717, 1.165) is 37.0 Å². The molecule has 2 unspecified atom stereocenters.